The van der Waals surface area contributed by atoms with Gasteiger partial charge in [0.2, 0.25) is 0 Å². The number of nitrogens with zero attached hydrogens (tertiary/aromatic N) is 2. The molecular weight excluding hydrogens is 489 g/mol. The summed E-state index contributed by atoms with van der Waals surface area (Å²) in [7, 11) is 2.00. The van der Waals surface area contributed by atoms with Crippen molar-refractivity contribution in [3.63, 3.8) is 0 Å². The first-order valence-corrected chi connectivity index (χ1v) is 12.9. The number of halogens is 2. The molecule has 0 radical (unpaired) electrons. The van der Waals surface area contributed by atoms with Gasteiger partial charge in [-0.05, 0) is 94.1 Å². The molecule has 2 heterocycles. The Labute approximate surface area is 226 Å². The van der Waals surface area contributed by atoms with Gasteiger partial charge in [-0.2, -0.15) is 0 Å². The van der Waals surface area contributed by atoms with Gasteiger partial charge in [-0.25, -0.2) is 4.98 Å². The summed E-state index contributed by atoms with van der Waals surface area (Å²) in [5.74, 6) is 0.656. The highest BCUT2D eigenvalue weighted by Gasteiger charge is 2.21. The number of rotatable bonds is 8. The molecule has 1 aromatic carbocycles. The van der Waals surface area contributed by atoms with Crippen LogP contribution in [0.4, 0.5) is 0 Å². The van der Waals surface area contributed by atoms with Gasteiger partial charge in [-0.15, -0.1) is 0 Å². The van der Waals surface area contributed by atoms with E-state index in [2.05, 4.69) is 65.1 Å². The maximum Gasteiger partial charge on any atom is 0.150 e. The quantitative estimate of drug-likeness (QED) is 0.219. The van der Waals surface area contributed by atoms with Crippen LogP contribution in [0.2, 0.25) is 10.2 Å². The van der Waals surface area contributed by atoms with Crippen LogP contribution in [-0.4, -0.2) is 42.9 Å². The van der Waals surface area contributed by atoms with Gasteiger partial charge in [0, 0.05) is 35.6 Å². The van der Waals surface area contributed by atoms with Gasteiger partial charge < -0.3 is 5.32 Å². The number of carbonyl (C=O) groups excluding carboxylic acids is 1. The number of pyridine rings is 1. The molecule has 36 heavy (non-hydrogen) atoms. The number of piperidine rings is 1. The van der Waals surface area contributed by atoms with Crippen molar-refractivity contribution in [2.75, 3.05) is 26.7 Å². The van der Waals surface area contributed by atoms with E-state index in [9.17, 15) is 4.79 Å². The van der Waals surface area contributed by atoms with Crippen LogP contribution in [0.1, 0.15) is 48.3 Å². The van der Waals surface area contributed by atoms with Gasteiger partial charge >= 0.3 is 0 Å². The van der Waals surface area contributed by atoms with Crippen molar-refractivity contribution < 1.29 is 4.79 Å². The fourth-order valence-corrected chi connectivity index (χ4v) is 4.42. The largest absolute Gasteiger partial charge is 0.388 e. The third kappa shape index (κ3) is 10.5. The fourth-order valence-electron chi connectivity index (χ4n) is 4.04. The molecule has 0 atom stereocenters. The van der Waals surface area contributed by atoms with E-state index in [0.717, 1.165) is 42.2 Å². The number of hydrogen-bond donors (Lipinski definition) is 1. The van der Waals surface area contributed by atoms with Crippen molar-refractivity contribution >= 4 is 35.6 Å². The Balaban J connectivity index is 0.000000380. The van der Waals surface area contributed by atoms with Crippen molar-refractivity contribution in [1.82, 2.24) is 15.2 Å². The number of aryl methyl sites for hydroxylation is 1. The number of hydrogen-bond acceptors (Lipinski definition) is 4. The minimum Gasteiger partial charge on any atom is -0.388 e. The number of nitrogens with one attached hydrogen (secondary N) is 1. The molecule has 2 aromatic rings. The molecule has 192 valence electrons. The summed E-state index contributed by atoms with van der Waals surface area (Å²) in [5.41, 5.74) is 6.29. The second kappa shape index (κ2) is 15.5. The van der Waals surface area contributed by atoms with E-state index in [-0.39, 0.29) is 0 Å². The number of likely N-dealkylation sites (tertiary alicyclic amines) is 1. The van der Waals surface area contributed by atoms with Crippen LogP contribution in [-0.2, 0) is 0 Å². The molecule has 6 heteroatoms. The zero-order valence-corrected chi connectivity index (χ0v) is 23.2. The number of likely N-dealkylation sites (N-methyl/N-ethyl adjacent to an activating group) is 1. The average molecular weight is 527 g/mol. The van der Waals surface area contributed by atoms with Crippen molar-refractivity contribution in [2.45, 2.75) is 33.6 Å². The molecular formula is C30H37Cl2N3O. The second-order valence-electron chi connectivity index (χ2n) is 9.04. The predicted molar refractivity (Wildman–Crippen MR) is 155 cm³/mol. The molecule has 1 N–H and O–H groups in total. The van der Waals surface area contributed by atoms with Gasteiger partial charge in [0.25, 0.3) is 0 Å². The maximum absolute atomic E-state index is 10.2. The Morgan fingerprint density at radius 1 is 1.11 bits per heavy atom. The number of carbonyl (C=O) groups is 1. The molecule has 1 aromatic heterocycles. The van der Waals surface area contributed by atoms with Crippen molar-refractivity contribution in [2.24, 2.45) is 5.92 Å². The normalized spacial score (nSPS) is 15.4. The van der Waals surface area contributed by atoms with Crippen LogP contribution in [0.5, 0.6) is 0 Å². The first kappa shape index (κ1) is 29.6. The molecule has 4 nitrogen and oxygen atoms in total. The summed E-state index contributed by atoms with van der Waals surface area (Å²) in [6, 6.07) is 11.2. The van der Waals surface area contributed by atoms with E-state index in [1.807, 2.05) is 26.1 Å². The minimum atomic E-state index is 0.363. The van der Waals surface area contributed by atoms with E-state index in [1.165, 1.54) is 35.7 Å². The van der Waals surface area contributed by atoms with Crippen molar-refractivity contribution in [3.8, 4) is 0 Å². The lowest BCUT2D eigenvalue weighted by Crippen LogP contribution is -2.34. The maximum atomic E-state index is 10.2. The first-order valence-electron chi connectivity index (χ1n) is 12.2. The van der Waals surface area contributed by atoms with Crippen LogP contribution >= 0.6 is 23.2 Å². The first-order chi connectivity index (χ1) is 17.2. The van der Waals surface area contributed by atoms with Crippen LogP contribution < -0.4 is 5.32 Å². The highest BCUT2D eigenvalue weighted by molar-refractivity contribution is 6.30. The third-order valence-corrected chi connectivity index (χ3v) is 6.50. The lowest BCUT2D eigenvalue weighted by Gasteiger charge is -2.32. The number of aromatic nitrogens is 1. The Morgan fingerprint density at radius 3 is 2.33 bits per heavy atom. The molecule has 0 bridgehead atoms. The summed E-state index contributed by atoms with van der Waals surface area (Å²) in [6.07, 6.45) is 11.8. The van der Waals surface area contributed by atoms with E-state index in [1.54, 1.807) is 13.0 Å². The molecule has 3 rings (SSSR count). The van der Waals surface area contributed by atoms with E-state index in [4.69, 9.17) is 23.2 Å². The summed E-state index contributed by atoms with van der Waals surface area (Å²) in [4.78, 5) is 16.6. The Morgan fingerprint density at radius 2 is 1.78 bits per heavy atom. The molecule has 1 aliphatic heterocycles. The van der Waals surface area contributed by atoms with Crippen LogP contribution in [0.3, 0.4) is 0 Å². The summed E-state index contributed by atoms with van der Waals surface area (Å²) >= 11 is 11.5. The third-order valence-electron chi connectivity index (χ3n) is 6.05. The smallest absolute Gasteiger partial charge is 0.150 e. The lowest BCUT2D eigenvalue weighted by atomic mass is 9.88. The minimum absolute atomic E-state index is 0.363. The zero-order chi connectivity index (χ0) is 26.5. The molecule has 1 fully saturated rings. The topological polar surface area (TPSA) is 45.2 Å². The predicted octanol–water partition coefficient (Wildman–Crippen LogP) is 7.55. The molecule has 0 unspecified atom stereocenters. The van der Waals surface area contributed by atoms with Gasteiger partial charge in [0.15, 0.2) is 0 Å². The zero-order valence-electron chi connectivity index (χ0n) is 21.7. The Bertz CT molecular complexity index is 1080. The van der Waals surface area contributed by atoms with Gasteiger partial charge in [0.1, 0.15) is 11.4 Å². The summed E-state index contributed by atoms with van der Waals surface area (Å²) in [5, 5.41) is 4.49. The molecule has 0 spiro atoms. The molecule has 1 aliphatic rings. The number of aldehydes is 1. The monoisotopic (exact) mass is 525 g/mol. The van der Waals surface area contributed by atoms with Crippen molar-refractivity contribution in [3.05, 3.63) is 105 Å². The van der Waals surface area contributed by atoms with E-state index in [0.29, 0.717) is 16.6 Å². The number of allylic oxidation sites excluding steroid dienone is 4. The summed E-state index contributed by atoms with van der Waals surface area (Å²) < 4.78 is 0. The second-order valence-corrected chi connectivity index (χ2v) is 9.86. The van der Waals surface area contributed by atoms with Crippen LogP contribution in [0.25, 0.3) is 6.08 Å². The number of benzene rings is 1. The van der Waals surface area contributed by atoms with Crippen LogP contribution in [0.15, 0.2) is 78.0 Å². The molecule has 0 aliphatic carbocycles. The molecule has 0 amide bonds. The van der Waals surface area contributed by atoms with Crippen molar-refractivity contribution in [1.29, 1.82) is 0 Å². The average Bonchev–Trinajstić information content (AvgIpc) is 2.85. The van der Waals surface area contributed by atoms with Gasteiger partial charge in [-0.1, -0.05) is 65.7 Å². The Hall–Kier alpha value is -2.66. The highest BCUT2D eigenvalue weighted by Crippen LogP contribution is 2.26. The van der Waals surface area contributed by atoms with Gasteiger partial charge in [0.05, 0.1) is 0 Å². The van der Waals surface area contributed by atoms with Gasteiger partial charge in [-0.3, -0.25) is 9.69 Å². The summed E-state index contributed by atoms with van der Waals surface area (Å²) in [6.45, 7) is 13.3. The van der Waals surface area contributed by atoms with E-state index >= 15 is 0 Å². The molecule has 1 saturated heterocycles. The van der Waals surface area contributed by atoms with E-state index < -0.39 is 0 Å². The standard InChI is InChI=1S/C23H31ClN2.C7H6ClNO/c1-18(2)7-12-23(25-4)19(3)21-13-16-26(17-14-21)15-5-6-20-8-10-22(24)11-9-20;1-5-2-6(4-10)3-7(8)9-5/h5-12,21,25H,1,13-17H2,2-4H3;2-4H,1H3/b6-5+,12-7-,23-19-;. The highest BCUT2D eigenvalue weighted by atomic mass is 35.5. The van der Waals surface area contributed by atoms with Crippen LogP contribution in [0, 0.1) is 12.8 Å². The Kier molecular flexibility index (Phi) is 12.7. The fraction of sp³-hybridized carbons (Fsp3) is 0.333. The molecule has 0 saturated carbocycles. The lowest BCUT2D eigenvalue weighted by molar-refractivity contribution is 0.112. The SMILES string of the molecule is C=C(C)/C=C\C(NC)=C(/C)C1CCN(C/C=C/c2ccc(Cl)cc2)CC1.Cc1cc(C=O)cc(Cl)n1.